The van der Waals surface area contributed by atoms with Crippen LogP contribution < -0.4 is 14.8 Å². The lowest BCUT2D eigenvalue weighted by Gasteiger charge is -2.15. The van der Waals surface area contributed by atoms with E-state index in [1.165, 1.54) is 19.1 Å². The number of carbonyl (C=O) groups excluding carboxylic acids is 2. The Bertz CT molecular complexity index is 901. The number of anilines is 1. The van der Waals surface area contributed by atoms with Crippen LogP contribution in [-0.2, 0) is 9.53 Å². The molecule has 28 heavy (non-hydrogen) atoms. The van der Waals surface area contributed by atoms with Crippen LogP contribution in [-0.4, -0.2) is 31.2 Å². The molecule has 1 aliphatic rings. The highest BCUT2D eigenvalue weighted by Crippen LogP contribution is 2.38. The molecule has 9 heteroatoms. The van der Waals surface area contributed by atoms with Gasteiger partial charge >= 0.3 is 5.97 Å². The minimum Gasteiger partial charge on any atom is -0.489 e. The molecular formula is C19H16ClF2NO5. The summed E-state index contributed by atoms with van der Waals surface area (Å²) in [5, 5.41) is 2.23. The molecule has 148 valence electrons. The SMILES string of the molecule is C[C@H](OC(=O)c1cc(Cl)c2c(c1)OCCCO2)C(=O)Nc1c(F)cccc1F. The molecule has 3 rings (SSSR count). The fourth-order valence-corrected chi connectivity index (χ4v) is 2.74. The number of halogens is 3. The second-order valence-corrected chi connectivity index (χ2v) is 6.38. The predicted octanol–water partition coefficient (Wildman–Crippen LogP) is 3.96. The average Bonchev–Trinajstić information content (AvgIpc) is 2.90. The highest BCUT2D eigenvalue weighted by molar-refractivity contribution is 6.32. The normalized spacial score (nSPS) is 14.0. The molecule has 0 unspecified atom stereocenters. The van der Waals surface area contributed by atoms with E-state index in [1.807, 2.05) is 0 Å². The van der Waals surface area contributed by atoms with Gasteiger partial charge in [0, 0.05) is 6.42 Å². The van der Waals surface area contributed by atoms with E-state index in [1.54, 1.807) is 0 Å². The zero-order valence-electron chi connectivity index (χ0n) is 14.8. The van der Waals surface area contributed by atoms with Gasteiger partial charge in [-0.1, -0.05) is 17.7 Å². The lowest BCUT2D eigenvalue weighted by molar-refractivity contribution is -0.123. The standard InChI is InChI=1S/C19H16ClF2NO5/c1-10(18(24)23-16-13(21)4-2-5-14(16)22)28-19(25)11-8-12(20)17-15(9-11)26-6-3-7-27-17/h2,4-5,8-10H,3,6-7H2,1H3,(H,23,24)/t10-/m0/s1. The minimum atomic E-state index is -1.32. The van der Waals surface area contributed by atoms with Crippen molar-refractivity contribution in [1.29, 1.82) is 0 Å². The van der Waals surface area contributed by atoms with E-state index in [-0.39, 0.29) is 10.6 Å². The van der Waals surface area contributed by atoms with Gasteiger partial charge in [-0.3, -0.25) is 4.79 Å². The van der Waals surface area contributed by atoms with Gasteiger partial charge < -0.3 is 19.5 Å². The molecule has 2 aromatic carbocycles. The fourth-order valence-electron chi connectivity index (χ4n) is 2.47. The lowest BCUT2D eigenvalue weighted by Crippen LogP contribution is -2.30. The summed E-state index contributed by atoms with van der Waals surface area (Å²) in [6.07, 6.45) is -0.657. The molecule has 0 aromatic heterocycles. The third-order valence-corrected chi connectivity index (χ3v) is 4.18. The number of para-hydroxylation sites is 1. The smallest absolute Gasteiger partial charge is 0.339 e. The molecule has 0 saturated heterocycles. The Morgan fingerprint density at radius 3 is 2.57 bits per heavy atom. The summed E-state index contributed by atoms with van der Waals surface area (Å²) in [7, 11) is 0. The Kier molecular flexibility index (Phi) is 5.99. The maximum atomic E-state index is 13.6. The van der Waals surface area contributed by atoms with Crippen LogP contribution in [0.15, 0.2) is 30.3 Å². The number of nitrogens with one attached hydrogen (secondary N) is 1. The quantitative estimate of drug-likeness (QED) is 0.771. The molecule has 1 heterocycles. The first-order valence-corrected chi connectivity index (χ1v) is 8.79. The van der Waals surface area contributed by atoms with Crippen LogP contribution >= 0.6 is 11.6 Å². The molecule has 0 saturated carbocycles. The number of ether oxygens (including phenoxy) is 3. The molecule has 2 aromatic rings. The molecule has 1 atom stereocenters. The Morgan fingerprint density at radius 2 is 1.86 bits per heavy atom. The van der Waals surface area contributed by atoms with E-state index in [9.17, 15) is 18.4 Å². The van der Waals surface area contributed by atoms with Crippen LogP contribution in [0, 0.1) is 11.6 Å². The first-order valence-electron chi connectivity index (χ1n) is 8.42. The summed E-state index contributed by atoms with van der Waals surface area (Å²) in [6, 6.07) is 5.89. The molecule has 1 amide bonds. The number of amides is 1. The van der Waals surface area contributed by atoms with Crippen molar-refractivity contribution in [3.8, 4) is 11.5 Å². The molecule has 0 spiro atoms. The number of esters is 1. The zero-order valence-corrected chi connectivity index (χ0v) is 15.5. The maximum Gasteiger partial charge on any atom is 0.339 e. The predicted molar refractivity (Wildman–Crippen MR) is 96.9 cm³/mol. The maximum absolute atomic E-state index is 13.6. The van der Waals surface area contributed by atoms with Crippen LogP contribution in [0.25, 0.3) is 0 Å². The fraction of sp³-hybridized carbons (Fsp3) is 0.263. The Balaban J connectivity index is 1.71. The van der Waals surface area contributed by atoms with Gasteiger partial charge in [0.05, 0.1) is 23.8 Å². The Hall–Kier alpha value is -2.87. The van der Waals surface area contributed by atoms with Gasteiger partial charge in [0.15, 0.2) is 17.6 Å². The number of rotatable bonds is 4. The van der Waals surface area contributed by atoms with Gasteiger partial charge in [0.25, 0.3) is 5.91 Å². The van der Waals surface area contributed by atoms with E-state index in [2.05, 4.69) is 5.32 Å². The van der Waals surface area contributed by atoms with Crippen molar-refractivity contribution in [1.82, 2.24) is 0 Å². The van der Waals surface area contributed by atoms with Crippen molar-refractivity contribution < 1.29 is 32.6 Å². The third-order valence-electron chi connectivity index (χ3n) is 3.90. The van der Waals surface area contributed by atoms with E-state index in [0.29, 0.717) is 31.1 Å². The van der Waals surface area contributed by atoms with E-state index in [0.717, 1.165) is 18.2 Å². The largest absolute Gasteiger partial charge is 0.489 e. The summed E-state index contributed by atoms with van der Waals surface area (Å²) in [5.74, 6) is -3.01. The Morgan fingerprint density at radius 1 is 1.18 bits per heavy atom. The van der Waals surface area contributed by atoms with Crippen LogP contribution in [0.2, 0.25) is 5.02 Å². The number of fused-ring (bicyclic) bond motifs is 1. The third kappa shape index (κ3) is 4.33. The van der Waals surface area contributed by atoms with Crippen LogP contribution in [0.4, 0.5) is 14.5 Å². The van der Waals surface area contributed by atoms with Crippen molar-refractivity contribution >= 4 is 29.2 Å². The van der Waals surface area contributed by atoms with Gasteiger partial charge in [0.1, 0.15) is 17.3 Å². The second-order valence-electron chi connectivity index (χ2n) is 5.97. The van der Waals surface area contributed by atoms with Crippen molar-refractivity contribution in [2.24, 2.45) is 0 Å². The topological polar surface area (TPSA) is 73.9 Å². The van der Waals surface area contributed by atoms with E-state index >= 15 is 0 Å². The van der Waals surface area contributed by atoms with Crippen molar-refractivity contribution in [3.63, 3.8) is 0 Å². The van der Waals surface area contributed by atoms with Gasteiger partial charge in [0.2, 0.25) is 0 Å². The molecule has 0 radical (unpaired) electrons. The first kappa shape index (κ1) is 19.9. The van der Waals surface area contributed by atoms with Gasteiger partial charge in [-0.25, -0.2) is 13.6 Å². The van der Waals surface area contributed by atoms with Crippen LogP contribution in [0.1, 0.15) is 23.7 Å². The molecule has 1 N–H and O–H groups in total. The monoisotopic (exact) mass is 411 g/mol. The lowest BCUT2D eigenvalue weighted by atomic mass is 10.2. The van der Waals surface area contributed by atoms with Crippen molar-refractivity contribution in [3.05, 3.63) is 52.6 Å². The van der Waals surface area contributed by atoms with Gasteiger partial charge in [-0.2, -0.15) is 0 Å². The first-order chi connectivity index (χ1) is 13.4. The molecule has 1 aliphatic heterocycles. The summed E-state index contributed by atoms with van der Waals surface area (Å²) in [6.45, 7) is 2.10. The summed E-state index contributed by atoms with van der Waals surface area (Å²) >= 11 is 6.13. The second kappa shape index (κ2) is 8.43. The highest BCUT2D eigenvalue weighted by Gasteiger charge is 2.24. The van der Waals surface area contributed by atoms with Crippen molar-refractivity contribution in [2.45, 2.75) is 19.4 Å². The highest BCUT2D eigenvalue weighted by atomic mass is 35.5. The summed E-state index contributed by atoms with van der Waals surface area (Å²) < 4.78 is 43.3. The molecular weight excluding hydrogens is 396 g/mol. The molecule has 6 nitrogen and oxygen atoms in total. The van der Waals surface area contributed by atoms with Gasteiger partial charge in [-0.15, -0.1) is 0 Å². The average molecular weight is 412 g/mol. The summed E-state index contributed by atoms with van der Waals surface area (Å²) in [5.41, 5.74) is -0.569. The van der Waals surface area contributed by atoms with Gasteiger partial charge in [-0.05, 0) is 31.2 Å². The number of hydrogen-bond donors (Lipinski definition) is 1. The molecule has 0 fully saturated rings. The van der Waals surface area contributed by atoms with E-state index < -0.39 is 35.3 Å². The van der Waals surface area contributed by atoms with E-state index in [4.69, 9.17) is 25.8 Å². The zero-order chi connectivity index (χ0) is 20.3. The number of hydrogen-bond acceptors (Lipinski definition) is 5. The van der Waals surface area contributed by atoms with Crippen LogP contribution in [0.5, 0.6) is 11.5 Å². The minimum absolute atomic E-state index is 0.0472. The van der Waals surface area contributed by atoms with Crippen LogP contribution in [0.3, 0.4) is 0 Å². The number of benzene rings is 2. The molecule has 0 bridgehead atoms. The number of carbonyl (C=O) groups is 2. The Labute approximate surface area is 164 Å². The van der Waals surface area contributed by atoms with Crippen molar-refractivity contribution in [2.75, 3.05) is 18.5 Å². The molecule has 0 aliphatic carbocycles. The summed E-state index contributed by atoms with van der Waals surface area (Å²) in [4.78, 5) is 24.5.